The first kappa shape index (κ1) is 16.9. The van der Waals surface area contributed by atoms with Crippen molar-refractivity contribution >= 4 is 28.1 Å². The number of anilines is 1. The van der Waals surface area contributed by atoms with Gasteiger partial charge in [0.15, 0.2) is 5.01 Å². The Morgan fingerprint density at radius 1 is 1.21 bits per heavy atom. The molecule has 4 bridgehead atoms. The van der Waals surface area contributed by atoms with Crippen LogP contribution in [0.5, 0.6) is 0 Å². The molecule has 1 unspecified atom stereocenters. The van der Waals surface area contributed by atoms with E-state index in [1.165, 1.54) is 24.2 Å². The van der Waals surface area contributed by atoms with Crippen molar-refractivity contribution in [3.05, 3.63) is 23.5 Å². The van der Waals surface area contributed by atoms with E-state index in [4.69, 9.17) is 0 Å². The van der Waals surface area contributed by atoms with Crippen molar-refractivity contribution in [2.24, 2.45) is 17.8 Å². The maximum absolute atomic E-state index is 10.9. The van der Waals surface area contributed by atoms with E-state index in [0.717, 1.165) is 46.6 Å². The summed E-state index contributed by atoms with van der Waals surface area (Å²) in [7, 11) is 0. The largest absolute Gasteiger partial charge is 0.390 e. The highest BCUT2D eigenvalue weighted by molar-refractivity contribution is 7.14. The topological polar surface area (TPSA) is 107 Å². The second-order valence-electron chi connectivity index (χ2n) is 8.81. The van der Waals surface area contributed by atoms with Crippen LogP contribution in [0.3, 0.4) is 0 Å². The molecule has 3 heterocycles. The Bertz CT molecular complexity index is 1030. The molecule has 28 heavy (non-hydrogen) atoms. The third kappa shape index (κ3) is 2.51. The summed E-state index contributed by atoms with van der Waals surface area (Å²) in [6.07, 6.45) is 8.97. The normalized spacial score (nSPS) is 33.6. The summed E-state index contributed by atoms with van der Waals surface area (Å²) in [6, 6.07) is 2.41. The predicted molar refractivity (Wildman–Crippen MR) is 107 cm³/mol. The zero-order valence-electron chi connectivity index (χ0n) is 15.4. The molecule has 4 aliphatic carbocycles. The van der Waals surface area contributed by atoms with Gasteiger partial charge in [-0.05, 0) is 55.9 Å². The average Bonchev–Trinajstić information content (AvgIpc) is 3.32. The van der Waals surface area contributed by atoms with E-state index in [9.17, 15) is 10.2 Å². The molecule has 7 rings (SSSR count). The van der Waals surface area contributed by atoms with Gasteiger partial charge >= 0.3 is 0 Å². The molecule has 4 saturated carbocycles. The molecule has 3 aromatic heterocycles. The van der Waals surface area contributed by atoms with Gasteiger partial charge in [-0.1, -0.05) is 11.3 Å². The number of nitrogens with zero attached hydrogens (tertiary/aromatic N) is 3. The van der Waals surface area contributed by atoms with Crippen LogP contribution in [0.4, 0.5) is 5.69 Å². The van der Waals surface area contributed by atoms with Gasteiger partial charge in [-0.2, -0.15) is 0 Å². The summed E-state index contributed by atoms with van der Waals surface area (Å²) in [5, 5.41) is 34.9. The number of pyridine rings is 1. The molecule has 4 N–H and O–H groups in total. The van der Waals surface area contributed by atoms with Gasteiger partial charge in [0.1, 0.15) is 10.7 Å². The molecule has 0 amide bonds. The van der Waals surface area contributed by atoms with Crippen molar-refractivity contribution in [3.8, 4) is 10.6 Å². The average molecular weight is 398 g/mol. The Balaban J connectivity index is 1.42. The number of hydrogen-bond donors (Lipinski definition) is 4. The Hall–Kier alpha value is -2.03. The fraction of sp³-hybridized carbons (Fsp3) is 0.550. The first-order valence-electron chi connectivity index (χ1n) is 10.0. The number of fused-ring (bicyclic) bond motifs is 1. The zero-order chi connectivity index (χ0) is 18.9. The summed E-state index contributed by atoms with van der Waals surface area (Å²) in [5.74, 6) is 1.70. The minimum atomic E-state index is -0.436. The van der Waals surface area contributed by atoms with Crippen LogP contribution in [0, 0.1) is 17.8 Å². The number of nitrogens with one attached hydrogen (secondary N) is 2. The molecule has 0 spiro atoms. The van der Waals surface area contributed by atoms with E-state index >= 15 is 0 Å². The van der Waals surface area contributed by atoms with Crippen LogP contribution in [0.15, 0.2) is 18.5 Å². The minimum Gasteiger partial charge on any atom is -0.390 e. The van der Waals surface area contributed by atoms with Crippen molar-refractivity contribution in [1.29, 1.82) is 0 Å². The number of aromatic nitrogens is 4. The second-order valence-corrected chi connectivity index (χ2v) is 9.87. The number of aliphatic hydroxyl groups excluding tert-OH is 1. The third-order valence-electron chi connectivity index (χ3n) is 6.97. The van der Waals surface area contributed by atoms with Crippen LogP contribution < -0.4 is 5.32 Å². The fourth-order valence-electron chi connectivity index (χ4n) is 6.14. The Morgan fingerprint density at radius 3 is 2.75 bits per heavy atom. The molecule has 0 radical (unpaired) electrons. The number of rotatable bonds is 4. The maximum Gasteiger partial charge on any atom is 0.151 e. The van der Waals surface area contributed by atoms with E-state index in [0.29, 0.717) is 28.8 Å². The maximum atomic E-state index is 10.9. The van der Waals surface area contributed by atoms with E-state index in [1.54, 1.807) is 0 Å². The van der Waals surface area contributed by atoms with Gasteiger partial charge in [0.25, 0.3) is 0 Å². The molecular weight excluding hydrogens is 374 g/mol. The Kier molecular flexibility index (Phi) is 3.61. The quantitative estimate of drug-likeness (QED) is 0.539. The monoisotopic (exact) mass is 397 g/mol. The van der Waals surface area contributed by atoms with E-state index in [1.807, 2.05) is 18.5 Å². The highest BCUT2D eigenvalue weighted by Gasteiger charge is 2.54. The Labute approximate surface area is 166 Å². The predicted octanol–water partition coefficient (Wildman–Crippen LogP) is 2.93. The first-order valence-corrected chi connectivity index (χ1v) is 10.8. The standard InChI is InChI=1S/C20H23N5O2S/c26-9-15-24-25-19(28-15)14-8-22-18-13(1-2-21-18)17(14)23-16-11-3-10-4-12(16)7-20(27,5-10)6-11/h1-2,8,10-12,16,26-27H,3-7,9H2,(H2,21,22,23)/t10?,11-,12+,16+,20-. The molecule has 0 saturated heterocycles. The van der Waals surface area contributed by atoms with Crippen molar-refractivity contribution in [2.45, 2.75) is 50.4 Å². The lowest BCUT2D eigenvalue weighted by Gasteiger charge is -2.58. The SMILES string of the molecule is OCc1nnc(-c2cnc3[nH]ccc3c2N[C@H]2[C@@H]3CC4C[C@H]2C[C@@](O)(C4)C3)s1. The lowest BCUT2D eigenvalue weighted by molar-refractivity contribution is -0.129. The smallest absolute Gasteiger partial charge is 0.151 e. The summed E-state index contributed by atoms with van der Waals surface area (Å²) in [5.41, 5.74) is 2.38. The molecule has 0 aliphatic heterocycles. The van der Waals surface area contributed by atoms with Crippen molar-refractivity contribution in [2.75, 3.05) is 5.32 Å². The molecule has 4 aliphatic rings. The highest BCUT2D eigenvalue weighted by Crippen LogP contribution is 2.56. The lowest BCUT2D eigenvalue weighted by Crippen LogP contribution is -2.59. The van der Waals surface area contributed by atoms with E-state index in [-0.39, 0.29) is 6.61 Å². The van der Waals surface area contributed by atoms with Crippen LogP contribution in [-0.4, -0.2) is 42.0 Å². The summed E-state index contributed by atoms with van der Waals surface area (Å²) in [4.78, 5) is 7.75. The second kappa shape index (κ2) is 5.98. The van der Waals surface area contributed by atoms with Gasteiger partial charge in [0.05, 0.1) is 23.5 Å². The first-order chi connectivity index (χ1) is 13.6. The van der Waals surface area contributed by atoms with Gasteiger partial charge in [0.2, 0.25) is 0 Å². The van der Waals surface area contributed by atoms with Gasteiger partial charge < -0.3 is 20.5 Å². The van der Waals surface area contributed by atoms with Crippen LogP contribution in [0.25, 0.3) is 21.6 Å². The van der Waals surface area contributed by atoms with Crippen molar-refractivity contribution in [3.63, 3.8) is 0 Å². The summed E-state index contributed by atoms with van der Waals surface area (Å²) in [6.45, 7) is -0.104. The lowest BCUT2D eigenvalue weighted by atomic mass is 9.52. The van der Waals surface area contributed by atoms with Crippen molar-refractivity contribution < 1.29 is 10.2 Å². The number of aromatic amines is 1. The number of aliphatic hydroxyl groups is 2. The van der Waals surface area contributed by atoms with E-state index in [2.05, 4.69) is 25.5 Å². The van der Waals surface area contributed by atoms with Gasteiger partial charge in [-0.15, -0.1) is 10.2 Å². The number of H-pyrrole nitrogens is 1. The third-order valence-corrected chi connectivity index (χ3v) is 7.91. The molecule has 5 atom stereocenters. The van der Waals surface area contributed by atoms with E-state index < -0.39 is 5.60 Å². The van der Waals surface area contributed by atoms with Gasteiger partial charge in [-0.25, -0.2) is 4.98 Å². The molecule has 3 aromatic rings. The molecule has 0 aromatic carbocycles. The van der Waals surface area contributed by atoms with Crippen LogP contribution >= 0.6 is 11.3 Å². The minimum absolute atomic E-state index is 0.104. The highest BCUT2D eigenvalue weighted by atomic mass is 32.1. The molecular formula is C20H23N5O2S. The molecule has 7 nitrogen and oxygen atoms in total. The Morgan fingerprint density at radius 2 is 2.04 bits per heavy atom. The zero-order valence-corrected chi connectivity index (χ0v) is 16.2. The van der Waals surface area contributed by atoms with Gasteiger partial charge in [-0.3, -0.25) is 0 Å². The summed E-state index contributed by atoms with van der Waals surface area (Å²) < 4.78 is 0. The molecule has 4 fully saturated rings. The van der Waals surface area contributed by atoms with Crippen LogP contribution in [0.2, 0.25) is 0 Å². The van der Waals surface area contributed by atoms with Crippen molar-refractivity contribution in [1.82, 2.24) is 20.2 Å². The fourth-order valence-corrected chi connectivity index (χ4v) is 6.85. The van der Waals surface area contributed by atoms with Crippen LogP contribution in [0.1, 0.15) is 37.1 Å². The van der Waals surface area contributed by atoms with Crippen LogP contribution in [-0.2, 0) is 6.61 Å². The summed E-state index contributed by atoms with van der Waals surface area (Å²) >= 11 is 1.40. The van der Waals surface area contributed by atoms with Gasteiger partial charge in [0, 0.05) is 23.8 Å². The molecule has 146 valence electrons. The molecule has 8 heteroatoms. The number of hydrogen-bond acceptors (Lipinski definition) is 7.